The third-order valence-corrected chi connectivity index (χ3v) is 3.36. The van der Waals surface area contributed by atoms with Gasteiger partial charge < -0.3 is 0 Å². The summed E-state index contributed by atoms with van der Waals surface area (Å²) in [4.78, 5) is 0. The molecule has 0 aliphatic rings. The molecule has 0 spiro atoms. The van der Waals surface area contributed by atoms with Crippen LogP contribution in [0.3, 0.4) is 0 Å². The number of rotatable bonds is 0. The van der Waals surface area contributed by atoms with E-state index in [0.717, 1.165) is 0 Å². The van der Waals surface area contributed by atoms with Crippen LogP contribution < -0.4 is 0 Å². The maximum Gasteiger partial charge on any atom is -0.0103 e. The highest BCUT2D eigenvalue weighted by Gasteiger charge is 2.01. The van der Waals surface area contributed by atoms with Crippen LogP contribution in [0.1, 0.15) is 52.7 Å². The van der Waals surface area contributed by atoms with Crippen molar-refractivity contribution < 1.29 is 0 Å². The Morgan fingerprint density at radius 3 is 1.64 bits per heavy atom. The van der Waals surface area contributed by atoms with E-state index >= 15 is 0 Å². The summed E-state index contributed by atoms with van der Waals surface area (Å²) in [6.07, 6.45) is 0. The fourth-order valence-electron chi connectivity index (χ4n) is 2.28. The van der Waals surface area contributed by atoms with Gasteiger partial charge in [-0.3, -0.25) is 0 Å². The molecule has 0 saturated carbocycles. The van der Waals surface area contributed by atoms with Gasteiger partial charge in [0, 0.05) is 0 Å². The Kier molecular flexibility index (Phi) is 9.95. The fourth-order valence-corrected chi connectivity index (χ4v) is 2.28. The summed E-state index contributed by atoms with van der Waals surface area (Å²) in [5, 5.41) is 5.37. The van der Waals surface area contributed by atoms with Crippen molar-refractivity contribution in [2.24, 2.45) is 0 Å². The Labute approximate surface area is 137 Å². The first kappa shape index (κ1) is 20.2. The van der Waals surface area contributed by atoms with Gasteiger partial charge in [0.15, 0.2) is 0 Å². The number of benzene rings is 3. The minimum Gasteiger partial charge on any atom is -0.0683 e. The van der Waals surface area contributed by atoms with E-state index in [1.165, 1.54) is 32.7 Å². The minimum atomic E-state index is 1.32. The molecule has 0 nitrogen and oxygen atoms in total. The molecule has 0 amide bonds. The normalized spacial score (nSPS) is 8.91. The van der Waals surface area contributed by atoms with Gasteiger partial charge in [0.2, 0.25) is 0 Å². The highest BCUT2D eigenvalue weighted by Crippen LogP contribution is 2.27. The maximum absolute atomic E-state index is 2.30. The SMILES string of the molecule is CC.CC.CC.Cc1cc2ccc3ccccc3c2cc1C. The molecule has 3 rings (SSSR count). The first-order valence-corrected chi connectivity index (χ1v) is 8.64. The van der Waals surface area contributed by atoms with Crippen LogP contribution in [-0.4, -0.2) is 0 Å². The summed E-state index contributed by atoms with van der Waals surface area (Å²) in [7, 11) is 0. The smallest absolute Gasteiger partial charge is 0.0103 e. The van der Waals surface area contributed by atoms with E-state index in [4.69, 9.17) is 0 Å². The summed E-state index contributed by atoms with van der Waals surface area (Å²) < 4.78 is 0. The zero-order chi connectivity index (χ0) is 17.1. The van der Waals surface area contributed by atoms with Crippen molar-refractivity contribution in [3.8, 4) is 0 Å². The second kappa shape index (κ2) is 10.8. The molecule has 0 bridgehead atoms. The van der Waals surface area contributed by atoms with E-state index in [1.54, 1.807) is 0 Å². The first-order chi connectivity index (χ1) is 10.8. The lowest BCUT2D eigenvalue weighted by atomic mass is 9.98. The Balaban J connectivity index is 0.000000661. The second-order valence-corrected chi connectivity index (χ2v) is 4.44. The van der Waals surface area contributed by atoms with Crippen molar-refractivity contribution in [1.82, 2.24) is 0 Å². The van der Waals surface area contributed by atoms with Gasteiger partial charge in [0.05, 0.1) is 0 Å². The molecule has 0 N–H and O–H groups in total. The Morgan fingerprint density at radius 2 is 1.00 bits per heavy atom. The standard InChI is InChI=1S/C16H14.3C2H6/c1-11-9-14-8-7-13-5-3-4-6-15(13)16(14)10-12(11)2;3*1-2/h3-10H,1-2H3;3*1-2H3. The largest absolute Gasteiger partial charge is 0.0683 e. The summed E-state index contributed by atoms with van der Waals surface area (Å²) in [5.41, 5.74) is 2.73. The molecule has 120 valence electrons. The maximum atomic E-state index is 2.30. The summed E-state index contributed by atoms with van der Waals surface area (Å²) >= 11 is 0. The van der Waals surface area contributed by atoms with Crippen LogP contribution in [0.25, 0.3) is 21.5 Å². The third-order valence-electron chi connectivity index (χ3n) is 3.36. The van der Waals surface area contributed by atoms with Crippen LogP contribution in [-0.2, 0) is 0 Å². The minimum absolute atomic E-state index is 1.32. The van der Waals surface area contributed by atoms with Crippen molar-refractivity contribution in [3.05, 3.63) is 59.7 Å². The van der Waals surface area contributed by atoms with E-state index in [0.29, 0.717) is 0 Å². The fraction of sp³-hybridized carbons (Fsp3) is 0.364. The highest BCUT2D eigenvalue weighted by atomic mass is 14.1. The predicted octanol–water partition coefficient (Wildman–Crippen LogP) is 7.69. The monoisotopic (exact) mass is 296 g/mol. The molecule has 0 heteroatoms. The molecule has 22 heavy (non-hydrogen) atoms. The first-order valence-electron chi connectivity index (χ1n) is 8.64. The molecular weight excluding hydrogens is 264 g/mol. The van der Waals surface area contributed by atoms with Crippen molar-refractivity contribution >= 4 is 21.5 Å². The quantitative estimate of drug-likeness (QED) is 0.373. The molecule has 0 saturated heterocycles. The van der Waals surface area contributed by atoms with Crippen LogP contribution >= 0.6 is 0 Å². The van der Waals surface area contributed by atoms with E-state index in [1.807, 2.05) is 41.5 Å². The van der Waals surface area contributed by atoms with E-state index in [2.05, 4.69) is 62.4 Å². The van der Waals surface area contributed by atoms with E-state index in [9.17, 15) is 0 Å². The van der Waals surface area contributed by atoms with Gasteiger partial charge in [-0.15, -0.1) is 0 Å². The number of aryl methyl sites for hydroxylation is 2. The predicted molar refractivity (Wildman–Crippen MR) is 105 cm³/mol. The number of hydrogen-bond acceptors (Lipinski definition) is 0. The van der Waals surface area contributed by atoms with Crippen molar-refractivity contribution in [2.45, 2.75) is 55.4 Å². The van der Waals surface area contributed by atoms with Gasteiger partial charge in [0.1, 0.15) is 0 Å². The molecule has 0 fully saturated rings. The van der Waals surface area contributed by atoms with Gasteiger partial charge in [-0.1, -0.05) is 90.1 Å². The van der Waals surface area contributed by atoms with Crippen LogP contribution in [0.5, 0.6) is 0 Å². The van der Waals surface area contributed by atoms with Crippen molar-refractivity contribution in [1.29, 1.82) is 0 Å². The van der Waals surface area contributed by atoms with Crippen molar-refractivity contribution in [3.63, 3.8) is 0 Å². The van der Waals surface area contributed by atoms with Gasteiger partial charge in [-0.25, -0.2) is 0 Å². The lowest BCUT2D eigenvalue weighted by molar-refractivity contribution is 1.37. The summed E-state index contributed by atoms with van der Waals surface area (Å²) in [5.74, 6) is 0. The van der Waals surface area contributed by atoms with Crippen LogP contribution in [0.15, 0.2) is 48.5 Å². The molecule has 0 radical (unpaired) electrons. The number of fused-ring (bicyclic) bond motifs is 3. The summed E-state index contributed by atoms with van der Waals surface area (Å²) in [6.45, 7) is 16.3. The molecule has 0 unspecified atom stereocenters. The average Bonchev–Trinajstić information content (AvgIpc) is 2.61. The zero-order valence-electron chi connectivity index (χ0n) is 15.6. The average molecular weight is 296 g/mol. The summed E-state index contributed by atoms with van der Waals surface area (Å²) in [6, 6.07) is 17.6. The van der Waals surface area contributed by atoms with E-state index < -0.39 is 0 Å². The molecule has 3 aromatic carbocycles. The topological polar surface area (TPSA) is 0 Å². The molecule has 0 aliphatic heterocycles. The highest BCUT2D eigenvalue weighted by molar-refractivity contribution is 6.07. The van der Waals surface area contributed by atoms with Crippen LogP contribution in [0.4, 0.5) is 0 Å². The third kappa shape index (κ3) is 4.59. The van der Waals surface area contributed by atoms with Crippen molar-refractivity contribution in [2.75, 3.05) is 0 Å². The Hall–Kier alpha value is -1.82. The second-order valence-electron chi connectivity index (χ2n) is 4.44. The lowest BCUT2D eigenvalue weighted by Crippen LogP contribution is -1.83. The van der Waals surface area contributed by atoms with Crippen LogP contribution in [0, 0.1) is 13.8 Å². The molecule has 3 aromatic rings. The molecule has 0 atom stereocenters. The number of hydrogen-bond donors (Lipinski definition) is 0. The Morgan fingerprint density at radius 1 is 0.500 bits per heavy atom. The van der Waals surface area contributed by atoms with Gasteiger partial charge in [0.25, 0.3) is 0 Å². The molecule has 0 heterocycles. The van der Waals surface area contributed by atoms with Gasteiger partial charge in [-0.2, -0.15) is 0 Å². The molecular formula is C22H32. The van der Waals surface area contributed by atoms with Gasteiger partial charge >= 0.3 is 0 Å². The Bertz CT molecular complexity index is 678. The molecule has 0 aromatic heterocycles. The lowest BCUT2D eigenvalue weighted by Gasteiger charge is -2.07. The van der Waals surface area contributed by atoms with Gasteiger partial charge in [-0.05, 0) is 46.5 Å². The van der Waals surface area contributed by atoms with Crippen LogP contribution in [0.2, 0.25) is 0 Å². The molecule has 0 aliphatic carbocycles. The van der Waals surface area contributed by atoms with E-state index in [-0.39, 0.29) is 0 Å². The zero-order valence-corrected chi connectivity index (χ0v) is 15.6.